The van der Waals surface area contributed by atoms with E-state index >= 15 is 0 Å². The molecule has 28 heavy (non-hydrogen) atoms. The number of pyridine rings is 1. The highest BCUT2D eigenvalue weighted by Crippen LogP contribution is 2.25. The number of hydrogen-bond donors (Lipinski definition) is 1. The number of rotatable bonds is 5. The molecule has 1 aromatic heterocycles. The van der Waals surface area contributed by atoms with Crippen LogP contribution in [-0.2, 0) is 9.53 Å². The Kier molecular flexibility index (Phi) is 5.78. The largest absolute Gasteiger partial charge is 0.378 e. The van der Waals surface area contributed by atoms with Gasteiger partial charge in [-0.1, -0.05) is 36.0 Å². The van der Waals surface area contributed by atoms with Crippen LogP contribution in [0.4, 0.5) is 11.4 Å². The average Bonchev–Trinajstić information content (AvgIpc) is 2.75. The molecule has 3 aromatic rings. The fourth-order valence-electron chi connectivity index (χ4n) is 3.17. The molecule has 4 rings (SSSR count). The number of carbonyl (C=O) groups is 1. The molecule has 1 aliphatic heterocycles. The molecule has 1 aliphatic rings. The average molecular weight is 394 g/mol. The molecule has 0 radical (unpaired) electrons. The van der Waals surface area contributed by atoms with Gasteiger partial charge in [0, 0.05) is 29.9 Å². The molecule has 0 saturated carbocycles. The molecular weight excluding hydrogens is 370 g/mol. The third-order valence-corrected chi connectivity index (χ3v) is 5.79. The Morgan fingerprint density at radius 2 is 1.82 bits per heavy atom. The van der Waals surface area contributed by atoms with Crippen molar-refractivity contribution in [2.24, 2.45) is 0 Å². The maximum absolute atomic E-state index is 12.6. The Morgan fingerprint density at radius 3 is 2.61 bits per heavy atom. The van der Waals surface area contributed by atoms with E-state index in [0.717, 1.165) is 53.6 Å². The van der Waals surface area contributed by atoms with E-state index in [1.54, 1.807) is 0 Å². The van der Waals surface area contributed by atoms with Gasteiger partial charge in [0.25, 0.3) is 0 Å². The van der Waals surface area contributed by atoms with E-state index in [1.807, 2.05) is 67.6 Å². The van der Waals surface area contributed by atoms with Crippen LogP contribution >= 0.6 is 11.8 Å². The monoisotopic (exact) mass is 393 g/mol. The van der Waals surface area contributed by atoms with Gasteiger partial charge in [-0.2, -0.15) is 0 Å². The molecule has 0 spiro atoms. The first-order valence-electron chi connectivity index (χ1n) is 9.45. The zero-order valence-corrected chi connectivity index (χ0v) is 16.6. The summed E-state index contributed by atoms with van der Waals surface area (Å²) in [6.07, 6.45) is 0. The molecule has 0 unspecified atom stereocenters. The van der Waals surface area contributed by atoms with Crippen LogP contribution < -0.4 is 10.2 Å². The lowest BCUT2D eigenvalue weighted by atomic mass is 10.2. The van der Waals surface area contributed by atoms with Gasteiger partial charge < -0.3 is 15.0 Å². The Labute approximate surface area is 169 Å². The molecule has 2 aromatic carbocycles. The summed E-state index contributed by atoms with van der Waals surface area (Å²) < 4.78 is 5.39. The highest BCUT2D eigenvalue weighted by Gasteiger charge is 2.16. The molecule has 1 amide bonds. The van der Waals surface area contributed by atoms with Crippen LogP contribution in [0.15, 0.2) is 65.7 Å². The Bertz CT molecular complexity index is 955. The van der Waals surface area contributed by atoms with Gasteiger partial charge in [-0.05, 0) is 43.3 Å². The van der Waals surface area contributed by atoms with Gasteiger partial charge in [-0.3, -0.25) is 4.79 Å². The quantitative estimate of drug-likeness (QED) is 0.659. The number of carbonyl (C=O) groups excluding carboxylic acids is 1. The number of thioether (sulfide) groups is 1. The standard InChI is InChI=1S/C22H23N3O2S/c1-16(28-21-11-6-17-4-2-3-5-20(17)24-21)22(26)23-18-7-9-19(10-8-18)25-12-14-27-15-13-25/h2-11,16H,12-15H2,1H3,(H,23,26)/t16-/m1/s1. The normalized spacial score (nSPS) is 15.4. The van der Waals surface area contributed by atoms with Gasteiger partial charge in [0.1, 0.15) is 0 Å². The fraction of sp³-hybridized carbons (Fsp3) is 0.273. The van der Waals surface area contributed by atoms with Crippen LogP contribution in [0.2, 0.25) is 0 Å². The molecule has 1 N–H and O–H groups in total. The zero-order chi connectivity index (χ0) is 19.3. The number of morpholine rings is 1. The van der Waals surface area contributed by atoms with Crippen molar-refractivity contribution < 1.29 is 9.53 Å². The summed E-state index contributed by atoms with van der Waals surface area (Å²) in [7, 11) is 0. The van der Waals surface area contributed by atoms with Crippen LogP contribution in [-0.4, -0.2) is 42.4 Å². The predicted octanol–water partition coefficient (Wildman–Crippen LogP) is 4.19. The van der Waals surface area contributed by atoms with E-state index in [-0.39, 0.29) is 11.2 Å². The predicted molar refractivity (Wildman–Crippen MR) is 115 cm³/mol. The lowest BCUT2D eigenvalue weighted by molar-refractivity contribution is -0.115. The number of benzene rings is 2. The van der Waals surface area contributed by atoms with Crippen molar-refractivity contribution in [3.8, 4) is 0 Å². The number of anilines is 2. The summed E-state index contributed by atoms with van der Waals surface area (Å²) in [4.78, 5) is 19.5. The second kappa shape index (κ2) is 8.63. The van der Waals surface area contributed by atoms with Gasteiger partial charge in [-0.15, -0.1) is 0 Å². The Hall–Kier alpha value is -2.57. The lowest BCUT2D eigenvalue weighted by Gasteiger charge is -2.28. The van der Waals surface area contributed by atoms with Crippen molar-refractivity contribution in [2.75, 3.05) is 36.5 Å². The van der Waals surface area contributed by atoms with Crippen LogP contribution in [0.5, 0.6) is 0 Å². The summed E-state index contributed by atoms with van der Waals surface area (Å²) in [5, 5.41) is 4.71. The Morgan fingerprint density at radius 1 is 1.07 bits per heavy atom. The SMILES string of the molecule is C[C@@H](Sc1ccc2ccccc2n1)C(=O)Nc1ccc(N2CCOCC2)cc1. The number of fused-ring (bicyclic) bond motifs is 1. The number of ether oxygens (including phenoxy) is 1. The molecule has 0 aliphatic carbocycles. The Balaban J connectivity index is 1.36. The molecule has 1 atom stereocenters. The van der Waals surface area contributed by atoms with Gasteiger partial charge in [0.2, 0.25) is 5.91 Å². The van der Waals surface area contributed by atoms with Crippen LogP contribution in [0.25, 0.3) is 10.9 Å². The van der Waals surface area contributed by atoms with Crippen molar-refractivity contribution in [1.82, 2.24) is 4.98 Å². The molecule has 0 bridgehead atoms. The molecule has 6 heteroatoms. The molecule has 144 valence electrons. The van der Waals surface area contributed by atoms with E-state index in [2.05, 4.69) is 15.2 Å². The topological polar surface area (TPSA) is 54.5 Å². The minimum absolute atomic E-state index is 0.0286. The lowest BCUT2D eigenvalue weighted by Crippen LogP contribution is -2.36. The maximum Gasteiger partial charge on any atom is 0.237 e. The summed E-state index contributed by atoms with van der Waals surface area (Å²) >= 11 is 1.47. The number of amides is 1. The van der Waals surface area contributed by atoms with Crippen molar-refractivity contribution >= 4 is 39.9 Å². The van der Waals surface area contributed by atoms with E-state index < -0.39 is 0 Å². The summed E-state index contributed by atoms with van der Waals surface area (Å²) in [5.41, 5.74) is 2.91. The van der Waals surface area contributed by atoms with E-state index in [4.69, 9.17) is 4.74 Å². The fourth-order valence-corrected chi connectivity index (χ4v) is 3.99. The first kappa shape index (κ1) is 18.8. The highest BCUT2D eigenvalue weighted by atomic mass is 32.2. The number of para-hydroxylation sites is 1. The van der Waals surface area contributed by atoms with E-state index in [9.17, 15) is 4.79 Å². The van der Waals surface area contributed by atoms with Crippen molar-refractivity contribution in [1.29, 1.82) is 0 Å². The highest BCUT2D eigenvalue weighted by molar-refractivity contribution is 8.00. The smallest absolute Gasteiger partial charge is 0.237 e. The van der Waals surface area contributed by atoms with E-state index in [1.165, 1.54) is 11.8 Å². The minimum Gasteiger partial charge on any atom is -0.378 e. The molecular formula is C22H23N3O2S. The van der Waals surface area contributed by atoms with Crippen molar-refractivity contribution in [3.63, 3.8) is 0 Å². The second-order valence-electron chi connectivity index (χ2n) is 6.74. The van der Waals surface area contributed by atoms with Gasteiger partial charge >= 0.3 is 0 Å². The van der Waals surface area contributed by atoms with Crippen LogP contribution in [0.3, 0.4) is 0 Å². The molecule has 1 fully saturated rings. The third-order valence-electron chi connectivity index (χ3n) is 4.75. The first-order chi connectivity index (χ1) is 13.7. The maximum atomic E-state index is 12.6. The first-order valence-corrected chi connectivity index (χ1v) is 10.3. The molecule has 1 saturated heterocycles. The van der Waals surface area contributed by atoms with Crippen molar-refractivity contribution in [2.45, 2.75) is 17.2 Å². The van der Waals surface area contributed by atoms with Crippen molar-refractivity contribution in [3.05, 3.63) is 60.7 Å². The van der Waals surface area contributed by atoms with E-state index in [0.29, 0.717) is 0 Å². The third kappa shape index (κ3) is 4.46. The van der Waals surface area contributed by atoms with Gasteiger partial charge in [0.15, 0.2) is 0 Å². The summed E-state index contributed by atoms with van der Waals surface area (Å²) in [6, 6.07) is 20.0. The number of aromatic nitrogens is 1. The van der Waals surface area contributed by atoms with Crippen LogP contribution in [0, 0.1) is 0 Å². The summed E-state index contributed by atoms with van der Waals surface area (Å²) in [6.45, 7) is 5.22. The minimum atomic E-state index is -0.243. The summed E-state index contributed by atoms with van der Waals surface area (Å²) in [5.74, 6) is -0.0286. The van der Waals surface area contributed by atoms with Crippen LogP contribution in [0.1, 0.15) is 6.92 Å². The molecule has 5 nitrogen and oxygen atoms in total. The van der Waals surface area contributed by atoms with Gasteiger partial charge in [0.05, 0.1) is 29.0 Å². The molecule has 2 heterocycles. The van der Waals surface area contributed by atoms with Gasteiger partial charge in [-0.25, -0.2) is 4.98 Å². The second-order valence-corrected chi connectivity index (χ2v) is 8.10. The number of nitrogens with zero attached hydrogens (tertiary/aromatic N) is 2. The zero-order valence-electron chi connectivity index (χ0n) is 15.8. The number of hydrogen-bond acceptors (Lipinski definition) is 5. The number of nitrogens with one attached hydrogen (secondary N) is 1.